The molecule has 0 aliphatic rings. The predicted molar refractivity (Wildman–Crippen MR) is 95.7 cm³/mol. The van der Waals surface area contributed by atoms with Crippen LogP contribution < -0.4 is 5.32 Å². The summed E-state index contributed by atoms with van der Waals surface area (Å²) < 4.78 is 5.24. The summed E-state index contributed by atoms with van der Waals surface area (Å²) in [7, 11) is 0. The maximum atomic E-state index is 11.9. The summed E-state index contributed by atoms with van der Waals surface area (Å²) in [6.07, 6.45) is -0.549. The minimum Gasteiger partial charge on any atom is -0.478 e. The van der Waals surface area contributed by atoms with Gasteiger partial charge in [0.15, 0.2) is 0 Å². The van der Waals surface area contributed by atoms with Crippen molar-refractivity contribution in [1.82, 2.24) is 0 Å². The zero-order valence-electron chi connectivity index (χ0n) is 14.3. The normalized spacial score (nSPS) is 10.4. The zero-order valence-corrected chi connectivity index (χ0v) is 14.3. The standard InChI is InChI=1S/C20H19NO4/c1-20(2,3)25-19(24)21-17-7-5-4-6-15(17)11-8-14-9-12-16(13-10-14)18(22)23/h4-7,9-10,12-13H,1-3H3,(H,21,24)(H,22,23). The van der Waals surface area contributed by atoms with E-state index in [9.17, 15) is 9.59 Å². The van der Waals surface area contributed by atoms with Crippen LogP contribution in [0.4, 0.5) is 10.5 Å². The van der Waals surface area contributed by atoms with Gasteiger partial charge in [0.1, 0.15) is 5.60 Å². The van der Waals surface area contributed by atoms with Crippen LogP contribution in [0.5, 0.6) is 0 Å². The maximum Gasteiger partial charge on any atom is 0.412 e. The molecule has 2 aromatic rings. The van der Waals surface area contributed by atoms with Crippen LogP contribution in [0.3, 0.4) is 0 Å². The molecule has 0 fully saturated rings. The first-order chi connectivity index (χ1) is 11.7. The number of hydrogen-bond donors (Lipinski definition) is 2. The second-order valence-electron chi connectivity index (χ2n) is 6.30. The summed E-state index contributed by atoms with van der Waals surface area (Å²) in [6.45, 7) is 5.37. The number of aromatic carboxylic acids is 1. The molecule has 5 heteroatoms. The highest BCUT2D eigenvalue weighted by Gasteiger charge is 2.16. The lowest BCUT2D eigenvalue weighted by atomic mass is 10.1. The van der Waals surface area contributed by atoms with Crippen LogP contribution in [0.1, 0.15) is 42.3 Å². The molecule has 0 aliphatic carbocycles. The van der Waals surface area contributed by atoms with Crippen LogP contribution in [0, 0.1) is 11.8 Å². The molecule has 2 N–H and O–H groups in total. The number of carbonyl (C=O) groups excluding carboxylic acids is 1. The fourth-order valence-electron chi connectivity index (χ4n) is 1.95. The monoisotopic (exact) mass is 337 g/mol. The first-order valence-corrected chi connectivity index (χ1v) is 7.69. The molecule has 0 unspecified atom stereocenters. The van der Waals surface area contributed by atoms with Crippen LogP contribution in [-0.2, 0) is 4.74 Å². The van der Waals surface area contributed by atoms with Gasteiger partial charge in [-0.25, -0.2) is 9.59 Å². The Morgan fingerprint density at radius 2 is 1.64 bits per heavy atom. The molecule has 0 spiro atoms. The number of carbonyl (C=O) groups is 2. The number of rotatable bonds is 2. The average Bonchev–Trinajstić information content (AvgIpc) is 2.52. The summed E-state index contributed by atoms with van der Waals surface area (Å²) in [5, 5.41) is 11.6. The fourth-order valence-corrected chi connectivity index (χ4v) is 1.95. The maximum absolute atomic E-state index is 11.9. The minimum atomic E-state index is -0.980. The van der Waals surface area contributed by atoms with Crippen molar-refractivity contribution in [2.45, 2.75) is 26.4 Å². The molecule has 1 amide bonds. The quantitative estimate of drug-likeness (QED) is 0.808. The van der Waals surface area contributed by atoms with Crippen LogP contribution >= 0.6 is 0 Å². The Labute approximate surface area is 146 Å². The van der Waals surface area contributed by atoms with Gasteiger partial charge >= 0.3 is 12.1 Å². The van der Waals surface area contributed by atoms with E-state index in [1.165, 1.54) is 12.1 Å². The Bertz CT molecular complexity index is 836. The Balaban J connectivity index is 2.18. The number of nitrogens with one attached hydrogen (secondary N) is 1. The molecule has 0 aromatic heterocycles. The van der Waals surface area contributed by atoms with Crippen molar-refractivity contribution >= 4 is 17.7 Å². The molecular formula is C20H19NO4. The molecule has 0 saturated heterocycles. The van der Waals surface area contributed by atoms with Gasteiger partial charge in [-0.2, -0.15) is 0 Å². The van der Waals surface area contributed by atoms with Crippen molar-refractivity contribution in [3.63, 3.8) is 0 Å². The highest BCUT2D eigenvalue weighted by Crippen LogP contribution is 2.16. The molecule has 25 heavy (non-hydrogen) atoms. The Morgan fingerprint density at radius 3 is 2.24 bits per heavy atom. The highest BCUT2D eigenvalue weighted by molar-refractivity contribution is 5.88. The smallest absolute Gasteiger partial charge is 0.412 e. The van der Waals surface area contributed by atoms with Gasteiger partial charge < -0.3 is 9.84 Å². The number of hydrogen-bond acceptors (Lipinski definition) is 3. The van der Waals surface area contributed by atoms with Crippen molar-refractivity contribution in [2.75, 3.05) is 5.32 Å². The van der Waals surface area contributed by atoms with Gasteiger partial charge in [-0.3, -0.25) is 5.32 Å². The molecule has 2 rings (SSSR count). The number of benzene rings is 2. The van der Waals surface area contributed by atoms with Gasteiger partial charge in [-0.05, 0) is 57.2 Å². The van der Waals surface area contributed by atoms with E-state index in [1.54, 1.807) is 51.1 Å². The van der Waals surface area contributed by atoms with Crippen molar-refractivity contribution in [3.8, 4) is 11.8 Å². The summed E-state index contributed by atoms with van der Waals surface area (Å²) in [5.41, 5.74) is 1.48. The molecule has 0 radical (unpaired) electrons. The third kappa shape index (κ3) is 5.70. The molecule has 0 bridgehead atoms. The van der Waals surface area contributed by atoms with E-state index in [0.29, 0.717) is 16.8 Å². The predicted octanol–water partition coefficient (Wildman–Crippen LogP) is 4.13. The van der Waals surface area contributed by atoms with Crippen molar-refractivity contribution < 1.29 is 19.4 Å². The van der Waals surface area contributed by atoms with Gasteiger partial charge in [0.25, 0.3) is 0 Å². The Morgan fingerprint density at radius 1 is 1.00 bits per heavy atom. The van der Waals surface area contributed by atoms with E-state index in [2.05, 4.69) is 17.2 Å². The number of para-hydroxylation sites is 1. The molecule has 0 atom stereocenters. The van der Waals surface area contributed by atoms with E-state index in [1.807, 2.05) is 6.07 Å². The zero-order chi connectivity index (χ0) is 18.4. The number of carboxylic acids is 1. The van der Waals surface area contributed by atoms with Crippen molar-refractivity contribution in [1.29, 1.82) is 0 Å². The fraction of sp³-hybridized carbons (Fsp3) is 0.200. The summed E-state index contributed by atoms with van der Waals surface area (Å²) in [6, 6.07) is 13.4. The molecular weight excluding hydrogens is 318 g/mol. The van der Waals surface area contributed by atoms with E-state index in [4.69, 9.17) is 9.84 Å². The second-order valence-corrected chi connectivity index (χ2v) is 6.30. The highest BCUT2D eigenvalue weighted by atomic mass is 16.6. The minimum absolute atomic E-state index is 0.206. The van der Waals surface area contributed by atoms with Gasteiger partial charge in [0.2, 0.25) is 0 Å². The van der Waals surface area contributed by atoms with Crippen LogP contribution in [0.2, 0.25) is 0 Å². The third-order valence-corrected chi connectivity index (χ3v) is 3.04. The summed E-state index contributed by atoms with van der Waals surface area (Å²) in [4.78, 5) is 22.8. The van der Waals surface area contributed by atoms with E-state index >= 15 is 0 Å². The number of amides is 1. The summed E-state index contributed by atoms with van der Waals surface area (Å²) in [5.74, 6) is 4.95. The summed E-state index contributed by atoms with van der Waals surface area (Å²) >= 11 is 0. The van der Waals surface area contributed by atoms with E-state index < -0.39 is 17.7 Å². The van der Waals surface area contributed by atoms with Gasteiger partial charge in [-0.15, -0.1) is 0 Å². The average molecular weight is 337 g/mol. The molecule has 0 saturated carbocycles. The van der Waals surface area contributed by atoms with Gasteiger partial charge in [0.05, 0.1) is 11.3 Å². The van der Waals surface area contributed by atoms with Crippen LogP contribution in [0.15, 0.2) is 48.5 Å². The first-order valence-electron chi connectivity index (χ1n) is 7.69. The molecule has 0 aliphatic heterocycles. The Hall–Kier alpha value is -3.26. The second kappa shape index (κ2) is 7.54. The molecule has 5 nitrogen and oxygen atoms in total. The first kappa shape index (κ1) is 18.1. The molecule has 2 aromatic carbocycles. The van der Waals surface area contributed by atoms with Gasteiger partial charge in [-0.1, -0.05) is 24.0 Å². The van der Waals surface area contributed by atoms with Crippen LogP contribution in [0.25, 0.3) is 0 Å². The Kier molecular flexibility index (Phi) is 5.45. The number of ether oxygens (including phenoxy) is 1. The van der Waals surface area contributed by atoms with E-state index in [0.717, 1.165) is 0 Å². The van der Waals surface area contributed by atoms with Crippen molar-refractivity contribution in [2.24, 2.45) is 0 Å². The topological polar surface area (TPSA) is 75.6 Å². The number of carboxylic acid groups (broad SMARTS) is 1. The van der Waals surface area contributed by atoms with E-state index in [-0.39, 0.29) is 5.56 Å². The SMILES string of the molecule is CC(C)(C)OC(=O)Nc1ccccc1C#Cc1ccc(C(=O)O)cc1. The third-order valence-electron chi connectivity index (χ3n) is 3.04. The van der Waals surface area contributed by atoms with Crippen molar-refractivity contribution in [3.05, 3.63) is 65.2 Å². The molecule has 128 valence electrons. The lowest BCUT2D eigenvalue weighted by Gasteiger charge is -2.20. The largest absolute Gasteiger partial charge is 0.478 e. The van der Waals surface area contributed by atoms with Gasteiger partial charge in [0, 0.05) is 11.1 Å². The molecule has 0 heterocycles. The number of anilines is 1. The lowest BCUT2D eigenvalue weighted by Crippen LogP contribution is -2.27. The lowest BCUT2D eigenvalue weighted by molar-refractivity contribution is 0.0634. The van der Waals surface area contributed by atoms with Crippen LogP contribution in [-0.4, -0.2) is 22.8 Å².